The third-order valence-corrected chi connectivity index (χ3v) is 4.07. The van der Waals surface area contributed by atoms with Crippen LogP contribution in [0.15, 0.2) is 24.3 Å². The molecule has 1 saturated heterocycles. The molecule has 3 heterocycles. The highest BCUT2D eigenvalue weighted by Crippen LogP contribution is 2.25. The number of nitrogens with one attached hydrogen (secondary N) is 1. The van der Waals surface area contributed by atoms with Gasteiger partial charge >= 0.3 is 0 Å². The molecular weight excluding hydrogens is 262 g/mol. The average Bonchev–Trinajstić information content (AvgIpc) is 2.89. The second-order valence-corrected chi connectivity index (χ2v) is 5.75. The largest absolute Gasteiger partial charge is 0.338 e. The first-order valence-corrected chi connectivity index (χ1v) is 7.45. The lowest BCUT2D eigenvalue weighted by atomic mass is 10.1. The van der Waals surface area contributed by atoms with Crippen molar-refractivity contribution in [3.05, 3.63) is 35.5 Å². The topological polar surface area (TPSA) is 45.5 Å². The summed E-state index contributed by atoms with van der Waals surface area (Å²) >= 11 is 0. The Kier molecular flexibility index (Phi) is 2.82. The van der Waals surface area contributed by atoms with E-state index in [0.29, 0.717) is 0 Å². The Balaban J connectivity index is 2.02. The molecular formula is C16H19N5. The molecule has 0 spiro atoms. The molecule has 1 fully saturated rings. The molecule has 1 N–H and O–H groups in total. The molecule has 4 rings (SSSR count). The minimum atomic E-state index is 0.955. The number of aryl methyl sites for hydroxylation is 2. The maximum absolute atomic E-state index is 4.88. The Bertz CT molecular complexity index is 814. The summed E-state index contributed by atoms with van der Waals surface area (Å²) in [5.74, 6) is 0.955. The maximum Gasteiger partial charge on any atom is 0.227 e. The quantitative estimate of drug-likeness (QED) is 0.740. The van der Waals surface area contributed by atoms with Gasteiger partial charge in [-0.1, -0.05) is 11.6 Å². The Morgan fingerprint density at radius 3 is 2.71 bits per heavy atom. The van der Waals surface area contributed by atoms with Gasteiger partial charge < -0.3 is 10.2 Å². The van der Waals surface area contributed by atoms with Gasteiger partial charge in [0.1, 0.15) is 0 Å². The van der Waals surface area contributed by atoms with E-state index in [1.165, 1.54) is 10.9 Å². The minimum Gasteiger partial charge on any atom is -0.338 e. The third kappa shape index (κ3) is 2.05. The molecule has 0 saturated carbocycles. The maximum atomic E-state index is 4.88. The molecule has 1 aliphatic rings. The molecule has 108 valence electrons. The molecule has 0 aliphatic carbocycles. The number of aromatic nitrogens is 3. The SMILES string of the molecule is Cc1ccc2nc(N3CCNCC3)n3nc(C)cc3c2c1. The lowest BCUT2D eigenvalue weighted by Gasteiger charge is -2.28. The van der Waals surface area contributed by atoms with Gasteiger partial charge in [-0.15, -0.1) is 0 Å². The van der Waals surface area contributed by atoms with Gasteiger partial charge in [-0.2, -0.15) is 9.61 Å². The van der Waals surface area contributed by atoms with Crippen molar-refractivity contribution in [3.63, 3.8) is 0 Å². The average molecular weight is 281 g/mol. The first kappa shape index (κ1) is 12.6. The third-order valence-electron chi connectivity index (χ3n) is 4.07. The Hall–Kier alpha value is -2.14. The van der Waals surface area contributed by atoms with E-state index in [1.807, 2.05) is 11.4 Å². The Morgan fingerprint density at radius 2 is 1.90 bits per heavy atom. The standard InChI is InChI=1S/C16H19N5/c1-11-3-4-14-13(9-11)15-10-12(2)19-21(15)16(18-14)20-7-5-17-6-8-20/h3-4,9-10,17H,5-8H2,1-2H3. The van der Waals surface area contributed by atoms with Crippen molar-refractivity contribution in [3.8, 4) is 0 Å². The lowest BCUT2D eigenvalue weighted by Crippen LogP contribution is -2.44. The van der Waals surface area contributed by atoms with Gasteiger partial charge in [-0.05, 0) is 32.0 Å². The van der Waals surface area contributed by atoms with E-state index in [-0.39, 0.29) is 0 Å². The summed E-state index contributed by atoms with van der Waals surface area (Å²) in [6.45, 7) is 8.08. The van der Waals surface area contributed by atoms with Crippen molar-refractivity contribution >= 4 is 22.4 Å². The zero-order valence-electron chi connectivity index (χ0n) is 12.4. The molecule has 21 heavy (non-hydrogen) atoms. The lowest BCUT2D eigenvalue weighted by molar-refractivity contribution is 0.575. The van der Waals surface area contributed by atoms with Crippen LogP contribution in [0.25, 0.3) is 16.4 Å². The van der Waals surface area contributed by atoms with Crippen LogP contribution in [-0.4, -0.2) is 40.8 Å². The van der Waals surface area contributed by atoms with E-state index in [0.717, 1.165) is 48.9 Å². The van der Waals surface area contributed by atoms with Crippen LogP contribution < -0.4 is 10.2 Å². The highest BCUT2D eigenvalue weighted by Gasteiger charge is 2.18. The summed E-state index contributed by atoms with van der Waals surface area (Å²) in [5.41, 5.74) is 4.47. The second kappa shape index (κ2) is 4.70. The molecule has 3 aromatic rings. The van der Waals surface area contributed by atoms with Gasteiger partial charge in [-0.25, -0.2) is 4.98 Å². The molecule has 1 aromatic carbocycles. The minimum absolute atomic E-state index is 0.955. The van der Waals surface area contributed by atoms with E-state index in [9.17, 15) is 0 Å². The van der Waals surface area contributed by atoms with Crippen LogP contribution in [0.3, 0.4) is 0 Å². The van der Waals surface area contributed by atoms with Crippen LogP contribution in [0.2, 0.25) is 0 Å². The first-order chi connectivity index (χ1) is 10.2. The van der Waals surface area contributed by atoms with Crippen LogP contribution in [0.1, 0.15) is 11.3 Å². The first-order valence-electron chi connectivity index (χ1n) is 7.45. The summed E-state index contributed by atoms with van der Waals surface area (Å²) in [6.07, 6.45) is 0. The Morgan fingerprint density at radius 1 is 1.10 bits per heavy atom. The van der Waals surface area contributed by atoms with Crippen LogP contribution >= 0.6 is 0 Å². The van der Waals surface area contributed by atoms with Gasteiger partial charge in [0, 0.05) is 31.6 Å². The number of nitrogens with zero attached hydrogens (tertiary/aromatic N) is 4. The smallest absolute Gasteiger partial charge is 0.227 e. The molecule has 0 unspecified atom stereocenters. The molecule has 1 aliphatic heterocycles. The van der Waals surface area contributed by atoms with Crippen molar-refractivity contribution in [1.29, 1.82) is 0 Å². The van der Waals surface area contributed by atoms with Gasteiger partial charge in [0.2, 0.25) is 5.95 Å². The van der Waals surface area contributed by atoms with Crippen molar-refractivity contribution in [1.82, 2.24) is 19.9 Å². The normalized spacial score (nSPS) is 16.0. The fraction of sp³-hybridized carbons (Fsp3) is 0.375. The van der Waals surface area contributed by atoms with E-state index in [2.05, 4.69) is 46.5 Å². The van der Waals surface area contributed by atoms with Gasteiger partial charge in [0.25, 0.3) is 0 Å². The number of piperazine rings is 1. The molecule has 0 bridgehead atoms. The van der Waals surface area contributed by atoms with Crippen molar-refractivity contribution < 1.29 is 0 Å². The van der Waals surface area contributed by atoms with Gasteiger partial charge in [0.05, 0.1) is 16.7 Å². The Labute approximate surface area is 123 Å². The van der Waals surface area contributed by atoms with E-state index >= 15 is 0 Å². The summed E-state index contributed by atoms with van der Waals surface area (Å²) < 4.78 is 2.00. The number of anilines is 1. The van der Waals surface area contributed by atoms with Crippen LogP contribution in [-0.2, 0) is 0 Å². The van der Waals surface area contributed by atoms with E-state index in [4.69, 9.17) is 4.98 Å². The van der Waals surface area contributed by atoms with Gasteiger partial charge in [-0.3, -0.25) is 0 Å². The van der Waals surface area contributed by atoms with Gasteiger partial charge in [0.15, 0.2) is 0 Å². The fourth-order valence-electron chi connectivity index (χ4n) is 3.02. The molecule has 0 radical (unpaired) electrons. The van der Waals surface area contributed by atoms with Crippen LogP contribution in [0, 0.1) is 13.8 Å². The predicted octanol–water partition coefficient (Wildman–Crippen LogP) is 1.91. The zero-order valence-corrected chi connectivity index (χ0v) is 12.4. The van der Waals surface area contributed by atoms with Crippen molar-refractivity contribution in [2.45, 2.75) is 13.8 Å². The fourth-order valence-corrected chi connectivity index (χ4v) is 3.02. The molecule has 0 atom stereocenters. The summed E-state index contributed by atoms with van der Waals surface area (Å²) in [5, 5.41) is 9.22. The predicted molar refractivity (Wildman–Crippen MR) is 85.0 cm³/mol. The monoisotopic (exact) mass is 281 g/mol. The summed E-state index contributed by atoms with van der Waals surface area (Å²) in [7, 11) is 0. The molecule has 5 heteroatoms. The highest BCUT2D eigenvalue weighted by atomic mass is 15.4. The number of hydrogen-bond donors (Lipinski definition) is 1. The number of hydrogen-bond acceptors (Lipinski definition) is 4. The number of fused-ring (bicyclic) bond motifs is 3. The zero-order chi connectivity index (χ0) is 14.4. The molecule has 5 nitrogen and oxygen atoms in total. The number of benzene rings is 1. The van der Waals surface area contributed by atoms with Crippen molar-refractivity contribution in [2.24, 2.45) is 0 Å². The van der Waals surface area contributed by atoms with E-state index < -0.39 is 0 Å². The second-order valence-electron chi connectivity index (χ2n) is 5.75. The molecule has 2 aromatic heterocycles. The highest BCUT2D eigenvalue weighted by molar-refractivity contribution is 5.95. The van der Waals surface area contributed by atoms with Crippen LogP contribution in [0.4, 0.5) is 5.95 Å². The van der Waals surface area contributed by atoms with Crippen LogP contribution in [0.5, 0.6) is 0 Å². The number of rotatable bonds is 1. The molecule has 0 amide bonds. The summed E-state index contributed by atoms with van der Waals surface area (Å²) in [4.78, 5) is 7.19. The van der Waals surface area contributed by atoms with E-state index in [1.54, 1.807) is 0 Å². The summed E-state index contributed by atoms with van der Waals surface area (Å²) in [6, 6.07) is 8.57. The van der Waals surface area contributed by atoms with Crippen molar-refractivity contribution in [2.75, 3.05) is 31.1 Å².